The number of aliphatic carboxylic acids is 1. The fraction of sp³-hybridized carbons (Fsp3) is 0.292. The molecule has 0 amide bonds. The van der Waals surface area contributed by atoms with E-state index >= 15 is 0 Å². The molecular weight excluding hydrogens is 380 g/mol. The van der Waals surface area contributed by atoms with Crippen molar-refractivity contribution in [1.82, 2.24) is 4.98 Å². The Kier molecular flexibility index (Phi) is 14.6. The maximum Gasteiger partial charge on any atom is 0.354 e. The average molecular weight is 413 g/mol. The molecule has 0 saturated heterocycles. The first-order valence-electron chi connectivity index (χ1n) is 9.84. The molecule has 0 atom stereocenters. The van der Waals surface area contributed by atoms with E-state index in [0.29, 0.717) is 5.56 Å². The summed E-state index contributed by atoms with van der Waals surface area (Å²) in [6.45, 7) is 10.4. The van der Waals surface area contributed by atoms with Gasteiger partial charge in [0.05, 0.1) is 10.7 Å². The summed E-state index contributed by atoms with van der Waals surface area (Å²) in [5.41, 5.74) is 2.34. The number of aromatic nitrogens is 1. The van der Waals surface area contributed by atoms with E-state index in [4.69, 9.17) is 10.5 Å². The molecule has 4 nitrogen and oxygen atoms in total. The van der Waals surface area contributed by atoms with Crippen molar-refractivity contribution in [2.45, 2.75) is 47.5 Å². The Morgan fingerprint density at radius 1 is 0.966 bits per heavy atom. The summed E-state index contributed by atoms with van der Waals surface area (Å²) in [6.07, 6.45) is 2.64. The topological polar surface area (TPSA) is 74.0 Å². The highest BCUT2D eigenvalue weighted by Gasteiger charge is 2.07. The van der Waals surface area contributed by atoms with Crippen LogP contribution in [0.1, 0.15) is 51.1 Å². The molecule has 0 saturated carbocycles. The van der Waals surface area contributed by atoms with Crippen molar-refractivity contribution in [3.8, 4) is 11.3 Å². The lowest BCUT2D eigenvalue weighted by Gasteiger charge is -1.95. The van der Waals surface area contributed by atoms with Crippen LogP contribution in [-0.2, 0) is 4.79 Å². The van der Waals surface area contributed by atoms with Gasteiger partial charge in [-0.15, -0.1) is 11.3 Å². The van der Waals surface area contributed by atoms with Gasteiger partial charge in [0.1, 0.15) is 5.71 Å². The van der Waals surface area contributed by atoms with Crippen molar-refractivity contribution in [1.29, 1.82) is 5.41 Å². The van der Waals surface area contributed by atoms with Gasteiger partial charge in [-0.25, -0.2) is 9.78 Å². The third-order valence-corrected chi connectivity index (χ3v) is 4.24. The highest BCUT2D eigenvalue weighted by molar-refractivity contribution is 7.09. The molecule has 0 aliphatic carbocycles. The van der Waals surface area contributed by atoms with Gasteiger partial charge in [0.15, 0.2) is 0 Å². The number of hydrogen-bond donors (Lipinski definition) is 2. The first kappa shape index (κ1) is 26.2. The number of aryl methyl sites for hydroxylation is 1. The van der Waals surface area contributed by atoms with Crippen molar-refractivity contribution in [3.63, 3.8) is 0 Å². The number of rotatable bonds is 4. The first-order valence-corrected chi connectivity index (χ1v) is 10.7. The zero-order valence-corrected chi connectivity index (χ0v) is 18.8. The van der Waals surface area contributed by atoms with E-state index in [1.165, 1.54) is 18.4 Å². The molecule has 5 heteroatoms. The van der Waals surface area contributed by atoms with Gasteiger partial charge in [-0.05, 0) is 6.92 Å². The van der Waals surface area contributed by atoms with Gasteiger partial charge < -0.3 is 5.11 Å². The van der Waals surface area contributed by atoms with E-state index in [1.807, 2.05) is 39.0 Å². The molecule has 0 fully saturated rings. The summed E-state index contributed by atoms with van der Waals surface area (Å²) < 4.78 is 0. The predicted molar refractivity (Wildman–Crippen MR) is 125 cm³/mol. The summed E-state index contributed by atoms with van der Waals surface area (Å²) in [5.74, 6) is -1.20. The smallest absolute Gasteiger partial charge is 0.354 e. The summed E-state index contributed by atoms with van der Waals surface area (Å²) in [4.78, 5) is 14.7. The maximum absolute atomic E-state index is 10.3. The SMILES string of the molecule is CC.CCCC.Cc1nc(-c2ccccc2)cs1.N=C(C(=O)O)c1ccccc1. The Labute approximate surface area is 178 Å². The number of thiazole rings is 1. The Bertz CT molecular complexity index is 813. The van der Waals surface area contributed by atoms with Crippen molar-refractivity contribution in [3.05, 3.63) is 76.6 Å². The molecule has 29 heavy (non-hydrogen) atoms. The van der Waals surface area contributed by atoms with E-state index in [0.717, 1.165) is 10.7 Å². The van der Waals surface area contributed by atoms with Gasteiger partial charge in [0.25, 0.3) is 0 Å². The van der Waals surface area contributed by atoms with Crippen molar-refractivity contribution in [2.24, 2.45) is 0 Å². The second kappa shape index (κ2) is 16.2. The minimum atomic E-state index is -1.20. The van der Waals surface area contributed by atoms with Gasteiger partial charge in [-0.3, -0.25) is 5.41 Å². The Morgan fingerprint density at radius 2 is 1.45 bits per heavy atom. The van der Waals surface area contributed by atoms with Gasteiger partial charge >= 0.3 is 5.97 Å². The molecule has 0 bridgehead atoms. The number of unbranched alkanes of at least 4 members (excludes halogenated alkanes) is 1. The molecule has 3 aromatic rings. The lowest BCUT2D eigenvalue weighted by atomic mass is 10.1. The normalized spacial score (nSPS) is 8.86. The molecule has 156 valence electrons. The van der Waals surface area contributed by atoms with Crippen LogP contribution in [0.3, 0.4) is 0 Å². The van der Waals surface area contributed by atoms with Crippen LogP contribution in [0, 0.1) is 12.3 Å². The maximum atomic E-state index is 10.3. The fourth-order valence-electron chi connectivity index (χ4n) is 1.83. The molecule has 1 aromatic heterocycles. The van der Waals surface area contributed by atoms with Gasteiger partial charge in [0.2, 0.25) is 0 Å². The third-order valence-electron chi connectivity index (χ3n) is 3.46. The number of carboxylic acids is 1. The van der Waals surface area contributed by atoms with Crippen molar-refractivity contribution in [2.75, 3.05) is 0 Å². The highest BCUT2D eigenvalue weighted by Crippen LogP contribution is 2.20. The van der Waals surface area contributed by atoms with Crippen LogP contribution in [-0.4, -0.2) is 21.8 Å². The van der Waals surface area contributed by atoms with Gasteiger partial charge in [-0.1, -0.05) is 101 Å². The van der Waals surface area contributed by atoms with Gasteiger partial charge in [0, 0.05) is 16.5 Å². The van der Waals surface area contributed by atoms with Crippen molar-refractivity contribution < 1.29 is 9.90 Å². The quantitative estimate of drug-likeness (QED) is 0.449. The number of carbonyl (C=O) groups is 1. The molecule has 2 N–H and O–H groups in total. The Hall–Kier alpha value is -2.79. The molecule has 1 heterocycles. The van der Waals surface area contributed by atoms with E-state index < -0.39 is 5.97 Å². The second-order valence-electron chi connectivity index (χ2n) is 5.66. The van der Waals surface area contributed by atoms with Crippen LogP contribution < -0.4 is 0 Å². The van der Waals surface area contributed by atoms with Crippen LogP contribution in [0.25, 0.3) is 11.3 Å². The molecule has 0 spiro atoms. The van der Waals surface area contributed by atoms with Crippen LogP contribution in [0.5, 0.6) is 0 Å². The number of nitrogens with one attached hydrogen (secondary N) is 1. The van der Waals surface area contributed by atoms with Crippen LogP contribution in [0.2, 0.25) is 0 Å². The second-order valence-corrected chi connectivity index (χ2v) is 6.73. The number of benzene rings is 2. The van der Waals surface area contributed by atoms with Crippen LogP contribution in [0.15, 0.2) is 66.0 Å². The standard InChI is InChI=1S/C10H9NS.C8H7NO2.C4H10.C2H6/c1-8-11-10(7-12-8)9-5-3-2-4-6-9;9-7(8(10)11)6-4-2-1-3-5-6;1-3-4-2;1-2/h2-7H,1H3;1-5,9H,(H,10,11);3-4H2,1-2H3;1-2H3. The van der Waals surface area contributed by atoms with E-state index in [9.17, 15) is 4.79 Å². The number of carboxylic acid groups (broad SMARTS) is 1. The minimum Gasteiger partial charge on any atom is -0.477 e. The average Bonchev–Trinajstić information content (AvgIpc) is 3.23. The molecular formula is C24H32N2O2S. The summed E-state index contributed by atoms with van der Waals surface area (Å²) in [7, 11) is 0. The van der Waals surface area contributed by atoms with E-state index in [2.05, 4.69) is 36.3 Å². The van der Waals surface area contributed by atoms with Crippen LogP contribution >= 0.6 is 11.3 Å². The van der Waals surface area contributed by atoms with Crippen LogP contribution in [0.4, 0.5) is 0 Å². The number of nitrogens with zero attached hydrogens (tertiary/aromatic N) is 1. The van der Waals surface area contributed by atoms with E-state index in [-0.39, 0.29) is 5.71 Å². The predicted octanol–water partition coefficient (Wildman–Crippen LogP) is 7.09. The molecule has 0 unspecified atom stereocenters. The fourth-order valence-corrected chi connectivity index (χ4v) is 2.46. The molecule has 0 aliphatic heterocycles. The Balaban J connectivity index is 0.000000429. The lowest BCUT2D eigenvalue weighted by Crippen LogP contribution is -2.12. The zero-order valence-electron chi connectivity index (χ0n) is 18.0. The monoisotopic (exact) mass is 412 g/mol. The van der Waals surface area contributed by atoms with Gasteiger partial charge in [-0.2, -0.15) is 0 Å². The summed E-state index contributed by atoms with van der Waals surface area (Å²) in [6, 6.07) is 18.6. The molecule has 2 aromatic carbocycles. The highest BCUT2D eigenvalue weighted by atomic mass is 32.1. The third kappa shape index (κ3) is 11.0. The zero-order chi connectivity index (χ0) is 22.1. The first-order chi connectivity index (χ1) is 14.0. The summed E-state index contributed by atoms with van der Waals surface area (Å²) in [5, 5.41) is 18.7. The number of hydrogen-bond acceptors (Lipinski definition) is 4. The Morgan fingerprint density at radius 3 is 1.83 bits per heavy atom. The largest absolute Gasteiger partial charge is 0.477 e. The van der Waals surface area contributed by atoms with E-state index in [1.54, 1.807) is 41.7 Å². The van der Waals surface area contributed by atoms with Crippen molar-refractivity contribution >= 4 is 23.0 Å². The minimum absolute atomic E-state index is 0.370. The molecule has 0 radical (unpaired) electrons. The molecule has 0 aliphatic rings. The lowest BCUT2D eigenvalue weighted by molar-refractivity contribution is -0.129. The summed E-state index contributed by atoms with van der Waals surface area (Å²) >= 11 is 1.69. The molecule has 3 rings (SSSR count).